The van der Waals surface area contributed by atoms with Crippen molar-refractivity contribution in [2.24, 2.45) is 0 Å². The molecule has 1 fully saturated rings. The minimum absolute atomic E-state index is 0.0366. The molecular formula is C31H22F3N5O4. The molecule has 6 rings (SSSR count). The highest BCUT2D eigenvalue weighted by molar-refractivity contribution is 5.88. The number of carboxylic acids is 1. The summed E-state index contributed by atoms with van der Waals surface area (Å²) in [5.41, 5.74) is 1.03. The van der Waals surface area contributed by atoms with Gasteiger partial charge >= 0.3 is 5.97 Å². The number of pyridine rings is 2. The van der Waals surface area contributed by atoms with Crippen LogP contribution in [0.5, 0.6) is 5.88 Å². The normalized spacial score (nSPS) is 14.3. The lowest BCUT2D eigenvalue weighted by atomic mass is 10.0. The Kier molecular flexibility index (Phi) is 7.48. The zero-order chi connectivity index (χ0) is 30.1. The number of carbonyl (C=O) groups is 1. The van der Waals surface area contributed by atoms with E-state index < -0.39 is 23.4 Å². The number of halogens is 3. The van der Waals surface area contributed by atoms with Crippen molar-refractivity contribution >= 4 is 17.1 Å². The third-order valence-corrected chi connectivity index (χ3v) is 7.11. The molecule has 43 heavy (non-hydrogen) atoms. The molecule has 0 amide bonds. The van der Waals surface area contributed by atoms with E-state index in [0.717, 1.165) is 24.6 Å². The highest BCUT2D eigenvalue weighted by atomic mass is 19.1. The van der Waals surface area contributed by atoms with E-state index in [1.807, 2.05) is 6.07 Å². The van der Waals surface area contributed by atoms with E-state index in [2.05, 4.69) is 15.0 Å². The van der Waals surface area contributed by atoms with Crippen LogP contribution in [0.3, 0.4) is 0 Å². The first-order valence-corrected chi connectivity index (χ1v) is 13.3. The number of hydrogen-bond donors (Lipinski definition) is 1. The average Bonchev–Trinajstić information content (AvgIpc) is 3.31. The molecule has 1 saturated heterocycles. The Morgan fingerprint density at radius 3 is 2.56 bits per heavy atom. The van der Waals surface area contributed by atoms with E-state index >= 15 is 8.78 Å². The smallest absolute Gasteiger partial charge is 0.354 e. The predicted octanol–water partition coefficient (Wildman–Crippen LogP) is 5.44. The summed E-state index contributed by atoms with van der Waals surface area (Å²) in [4.78, 5) is 24.5. The van der Waals surface area contributed by atoms with Crippen molar-refractivity contribution in [2.45, 2.75) is 32.1 Å². The second kappa shape index (κ2) is 11.5. The number of ether oxygens (including phenoxy) is 2. The molecule has 0 aliphatic carbocycles. The van der Waals surface area contributed by atoms with Crippen LogP contribution in [0.2, 0.25) is 0 Å². The molecule has 1 atom stereocenters. The van der Waals surface area contributed by atoms with Crippen molar-refractivity contribution in [3.05, 3.63) is 106 Å². The highest BCUT2D eigenvalue weighted by Crippen LogP contribution is 2.28. The van der Waals surface area contributed by atoms with Gasteiger partial charge in [-0.3, -0.25) is 0 Å². The summed E-state index contributed by atoms with van der Waals surface area (Å²) in [6, 6.07) is 15.4. The number of nitriles is 1. The maximum atomic E-state index is 15.4. The maximum absolute atomic E-state index is 15.4. The van der Waals surface area contributed by atoms with Gasteiger partial charge in [0.15, 0.2) is 11.3 Å². The largest absolute Gasteiger partial charge is 0.477 e. The van der Waals surface area contributed by atoms with Crippen LogP contribution in [0, 0.1) is 28.8 Å². The SMILES string of the molecule is N#Cc1ccc(COc2cccc(-c3cc(F)c(Cc4nc5ccc(C(=O)O)nc5n4C[C@@H]4CCO4)cc3F)n2)c(F)c1. The molecular weight excluding hydrogens is 563 g/mol. The van der Waals surface area contributed by atoms with Gasteiger partial charge in [0.05, 0.1) is 30.0 Å². The Balaban J connectivity index is 1.26. The Morgan fingerprint density at radius 2 is 1.84 bits per heavy atom. The number of rotatable bonds is 9. The third kappa shape index (κ3) is 5.75. The number of imidazole rings is 1. The van der Waals surface area contributed by atoms with Crippen LogP contribution in [0.25, 0.3) is 22.4 Å². The van der Waals surface area contributed by atoms with Crippen molar-refractivity contribution < 1.29 is 32.5 Å². The number of hydrogen-bond acceptors (Lipinski definition) is 7. The number of benzene rings is 2. The van der Waals surface area contributed by atoms with Crippen LogP contribution in [0.15, 0.2) is 60.7 Å². The summed E-state index contributed by atoms with van der Waals surface area (Å²) in [6.45, 7) is 0.765. The first-order chi connectivity index (χ1) is 20.8. The molecule has 4 heterocycles. The summed E-state index contributed by atoms with van der Waals surface area (Å²) in [6.07, 6.45) is 0.596. The zero-order valence-corrected chi connectivity index (χ0v) is 22.4. The van der Waals surface area contributed by atoms with Gasteiger partial charge in [-0.1, -0.05) is 12.1 Å². The molecule has 9 nitrogen and oxygen atoms in total. The van der Waals surface area contributed by atoms with Crippen LogP contribution in [0.1, 0.15) is 39.4 Å². The fourth-order valence-electron chi connectivity index (χ4n) is 4.75. The predicted molar refractivity (Wildman–Crippen MR) is 147 cm³/mol. The van der Waals surface area contributed by atoms with Gasteiger partial charge < -0.3 is 19.1 Å². The molecule has 0 bridgehead atoms. The summed E-state index contributed by atoms with van der Waals surface area (Å²) in [5.74, 6) is -2.76. The molecule has 1 aliphatic rings. The molecule has 12 heteroatoms. The van der Waals surface area contributed by atoms with Crippen LogP contribution in [0.4, 0.5) is 13.2 Å². The second-order valence-electron chi connectivity index (χ2n) is 9.93. The Morgan fingerprint density at radius 1 is 1.02 bits per heavy atom. The molecule has 1 N–H and O–H groups in total. The third-order valence-electron chi connectivity index (χ3n) is 7.11. The number of aromatic nitrogens is 4. The molecule has 0 saturated carbocycles. The lowest BCUT2D eigenvalue weighted by molar-refractivity contribution is -0.0590. The summed E-state index contributed by atoms with van der Waals surface area (Å²) in [5, 5.41) is 18.3. The molecule has 0 radical (unpaired) electrons. The lowest BCUT2D eigenvalue weighted by Crippen LogP contribution is -2.32. The van der Waals surface area contributed by atoms with Gasteiger partial charge in [0.1, 0.15) is 35.4 Å². The first kappa shape index (κ1) is 27.9. The van der Waals surface area contributed by atoms with Crippen molar-refractivity contribution in [1.29, 1.82) is 5.26 Å². The van der Waals surface area contributed by atoms with Gasteiger partial charge in [0.2, 0.25) is 5.88 Å². The standard InChI is InChI=1S/C31H22F3N5O4/c32-22-10-17(14-35)4-5-18(22)16-43-29-3-1-2-25(37-29)21-13-23(33)19(11-24(21)34)12-28-36-26-6-7-27(31(40)41)38-30(26)39(28)15-20-8-9-42-20/h1-7,10-11,13,20H,8-9,12,15-16H2,(H,40,41)/t20-/m0/s1. The number of carboxylic acid groups (broad SMARTS) is 1. The van der Waals surface area contributed by atoms with Crippen molar-refractivity contribution in [3.63, 3.8) is 0 Å². The molecule has 0 spiro atoms. The Bertz CT molecular complexity index is 1920. The molecule has 5 aromatic rings. The van der Waals surface area contributed by atoms with E-state index in [-0.39, 0.29) is 58.7 Å². The second-order valence-corrected chi connectivity index (χ2v) is 9.93. The quantitative estimate of drug-likeness (QED) is 0.243. The first-order valence-electron chi connectivity index (χ1n) is 13.3. The van der Waals surface area contributed by atoms with Gasteiger partial charge in [-0.25, -0.2) is 32.9 Å². The number of fused-ring (bicyclic) bond motifs is 1. The molecule has 0 unspecified atom stereocenters. The van der Waals surface area contributed by atoms with Crippen LogP contribution in [-0.2, 0) is 24.3 Å². The van der Waals surface area contributed by atoms with E-state index in [1.165, 1.54) is 36.4 Å². The average molecular weight is 586 g/mol. The van der Waals surface area contributed by atoms with E-state index in [4.69, 9.17) is 14.7 Å². The lowest BCUT2D eigenvalue weighted by Gasteiger charge is -2.27. The van der Waals surface area contributed by atoms with Gasteiger partial charge in [-0.15, -0.1) is 0 Å². The summed E-state index contributed by atoms with van der Waals surface area (Å²) >= 11 is 0. The van der Waals surface area contributed by atoms with Crippen LogP contribution in [-0.4, -0.2) is 43.3 Å². The summed E-state index contributed by atoms with van der Waals surface area (Å²) in [7, 11) is 0. The monoisotopic (exact) mass is 585 g/mol. The van der Waals surface area contributed by atoms with Crippen LogP contribution >= 0.6 is 0 Å². The Hall–Kier alpha value is -5.28. The zero-order valence-electron chi connectivity index (χ0n) is 22.4. The van der Waals surface area contributed by atoms with Crippen molar-refractivity contribution in [1.82, 2.24) is 19.5 Å². The van der Waals surface area contributed by atoms with E-state index in [1.54, 1.807) is 10.6 Å². The molecule has 1 aliphatic heterocycles. The van der Waals surface area contributed by atoms with Crippen LogP contribution < -0.4 is 4.74 Å². The van der Waals surface area contributed by atoms with E-state index in [9.17, 15) is 14.3 Å². The maximum Gasteiger partial charge on any atom is 0.354 e. The minimum Gasteiger partial charge on any atom is -0.477 e. The van der Waals surface area contributed by atoms with Gasteiger partial charge in [0, 0.05) is 30.2 Å². The Labute approximate surface area is 242 Å². The molecule has 3 aromatic heterocycles. The van der Waals surface area contributed by atoms with Gasteiger partial charge in [-0.2, -0.15) is 5.26 Å². The van der Waals surface area contributed by atoms with Crippen molar-refractivity contribution in [3.8, 4) is 23.2 Å². The van der Waals surface area contributed by atoms with Crippen molar-refractivity contribution in [2.75, 3.05) is 6.61 Å². The minimum atomic E-state index is -1.19. The highest BCUT2D eigenvalue weighted by Gasteiger charge is 2.24. The van der Waals surface area contributed by atoms with Gasteiger partial charge in [-0.05, 0) is 54.4 Å². The fourth-order valence-corrected chi connectivity index (χ4v) is 4.75. The molecule has 2 aromatic carbocycles. The van der Waals surface area contributed by atoms with E-state index in [0.29, 0.717) is 30.1 Å². The molecule has 216 valence electrons. The number of nitrogens with zero attached hydrogens (tertiary/aromatic N) is 5. The number of aromatic carboxylic acids is 1. The fraction of sp³-hybridized carbons (Fsp3) is 0.194. The van der Waals surface area contributed by atoms with Gasteiger partial charge in [0.25, 0.3) is 0 Å². The topological polar surface area (TPSA) is 123 Å². The summed E-state index contributed by atoms with van der Waals surface area (Å²) < 4.78 is 57.8.